The molecule has 1 heterocycles. The van der Waals surface area contributed by atoms with E-state index in [9.17, 15) is 0 Å². The van der Waals surface area contributed by atoms with E-state index < -0.39 is 0 Å². The van der Waals surface area contributed by atoms with Gasteiger partial charge in [0.1, 0.15) is 0 Å². The number of alkyl halides is 1. The monoisotopic (exact) mass is 255 g/mol. The van der Waals surface area contributed by atoms with Gasteiger partial charge in [-0.05, 0) is 24.3 Å². The highest BCUT2D eigenvalue weighted by atomic mass is 35.5. The lowest BCUT2D eigenvalue weighted by Gasteiger charge is -2.35. The topological polar surface area (TPSA) is 29.9 Å². The highest BCUT2D eigenvalue weighted by Crippen LogP contribution is 2.36. The third-order valence-electron chi connectivity index (χ3n) is 3.77. The van der Waals surface area contributed by atoms with Gasteiger partial charge in [0.05, 0.1) is 6.54 Å². The molecule has 4 heteroatoms. The third-order valence-corrected chi connectivity index (χ3v) is 4.34. The highest BCUT2D eigenvalue weighted by Gasteiger charge is 2.30. The molecule has 0 aromatic carbocycles. The van der Waals surface area contributed by atoms with Crippen molar-refractivity contribution in [3.05, 3.63) is 18.5 Å². The van der Waals surface area contributed by atoms with Gasteiger partial charge in [-0.3, -0.25) is 4.68 Å². The van der Waals surface area contributed by atoms with Crippen LogP contribution >= 0.6 is 11.6 Å². The predicted molar refractivity (Wildman–Crippen MR) is 71.3 cm³/mol. The normalized spacial score (nSPS) is 19.4. The van der Waals surface area contributed by atoms with Gasteiger partial charge in [-0.2, -0.15) is 5.10 Å². The minimum absolute atomic E-state index is 0.351. The number of aromatic nitrogens is 2. The zero-order valence-electron chi connectivity index (χ0n) is 10.4. The molecule has 1 N–H and O–H groups in total. The molecule has 1 aliphatic rings. The lowest BCUT2D eigenvalue weighted by Crippen LogP contribution is -2.38. The van der Waals surface area contributed by atoms with Crippen LogP contribution in [-0.2, 0) is 6.54 Å². The number of hydrogen-bond donors (Lipinski definition) is 1. The van der Waals surface area contributed by atoms with Crippen LogP contribution < -0.4 is 5.32 Å². The molecule has 0 atom stereocenters. The van der Waals surface area contributed by atoms with Crippen LogP contribution in [0.4, 0.5) is 0 Å². The van der Waals surface area contributed by atoms with Crippen molar-refractivity contribution >= 4 is 11.6 Å². The highest BCUT2D eigenvalue weighted by molar-refractivity contribution is 6.18. The minimum atomic E-state index is 0.351. The third kappa shape index (κ3) is 3.71. The SMILES string of the molecule is ClCC1(CNCCn2cccn2)CCCCC1. The fourth-order valence-corrected chi connectivity index (χ4v) is 3.00. The Morgan fingerprint density at radius 2 is 2.12 bits per heavy atom. The Morgan fingerprint density at radius 3 is 2.76 bits per heavy atom. The van der Waals surface area contributed by atoms with Crippen molar-refractivity contribution in [3.63, 3.8) is 0 Å². The lowest BCUT2D eigenvalue weighted by molar-refractivity contribution is 0.212. The van der Waals surface area contributed by atoms with E-state index in [0.717, 1.165) is 25.5 Å². The van der Waals surface area contributed by atoms with Gasteiger partial charge in [0, 0.05) is 31.4 Å². The first kappa shape index (κ1) is 12.9. The zero-order valence-corrected chi connectivity index (χ0v) is 11.1. The first-order valence-corrected chi connectivity index (χ1v) is 7.12. The fourth-order valence-electron chi connectivity index (χ4n) is 2.64. The first-order chi connectivity index (χ1) is 8.35. The van der Waals surface area contributed by atoms with Crippen molar-refractivity contribution in [2.75, 3.05) is 19.0 Å². The molecule has 2 rings (SSSR count). The second kappa shape index (κ2) is 6.41. The number of nitrogens with one attached hydrogen (secondary N) is 1. The number of halogens is 1. The van der Waals surface area contributed by atoms with E-state index in [4.69, 9.17) is 11.6 Å². The van der Waals surface area contributed by atoms with E-state index in [1.165, 1.54) is 32.1 Å². The van der Waals surface area contributed by atoms with E-state index in [1.807, 2.05) is 23.1 Å². The summed E-state index contributed by atoms with van der Waals surface area (Å²) >= 11 is 6.16. The Hall–Kier alpha value is -0.540. The van der Waals surface area contributed by atoms with Crippen LogP contribution in [0.5, 0.6) is 0 Å². The maximum absolute atomic E-state index is 6.16. The van der Waals surface area contributed by atoms with Crippen LogP contribution in [0.15, 0.2) is 18.5 Å². The van der Waals surface area contributed by atoms with Gasteiger partial charge in [0.15, 0.2) is 0 Å². The van der Waals surface area contributed by atoms with Gasteiger partial charge in [-0.1, -0.05) is 19.3 Å². The maximum Gasteiger partial charge on any atom is 0.0533 e. The van der Waals surface area contributed by atoms with Crippen molar-refractivity contribution in [3.8, 4) is 0 Å². The van der Waals surface area contributed by atoms with Crippen molar-refractivity contribution in [2.45, 2.75) is 38.6 Å². The zero-order chi connectivity index (χ0) is 12.0. The standard InChI is InChI=1S/C13H22ClN3/c14-11-13(5-2-1-3-6-13)12-15-8-10-17-9-4-7-16-17/h4,7,9,15H,1-3,5-6,8,10-12H2. The van der Waals surface area contributed by atoms with Gasteiger partial charge in [-0.15, -0.1) is 11.6 Å². The van der Waals surface area contributed by atoms with Crippen LogP contribution in [0.25, 0.3) is 0 Å². The maximum atomic E-state index is 6.16. The van der Waals surface area contributed by atoms with Crippen LogP contribution in [0.3, 0.4) is 0 Å². The summed E-state index contributed by atoms with van der Waals surface area (Å²) in [5.41, 5.74) is 0.351. The molecule has 17 heavy (non-hydrogen) atoms. The number of hydrogen-bond acceptors (Lipinski definition) is 2. The summed E-state index contributed by atoms with van der Waals surface area (Å²) in [5.74, 6) is 0.793. The summed E-state index contributed by atoms with van der Waals surface area (Å²) in [6.45, 7) is 2.96. The molecular formula is C13H22ClN3. The molecule has 1 aromatic rings. The molecule has 0 bridgehead atoms. The lowest BCUT2D eigenvalue weighted by atomic mass is 9.75. The molecule has 1 saturated carbocycles. The fraction of sp³-hybridized carbons (Fsp3) is 0.769. The number of rotatable bonds is 6. The molecule has 0 radical (unpaired) electrons. The minimum Gasteiger partial charge on any atom is -0.314 e. The summed E-state index contributed by atoms with van der Waals surface area (Å²) < 4.78 is 1.96. The van der Waals surface area contributed by atoms with E-state index in [1.54, 1.807) is 0 Å². The van der Waals surface area contributed by atoms with Crippen molar-refractivity contribution in [1.82, 2.24) is 15.1 Å². The van der Waals surface area contributed by atoms with Crippen LogP contribution in [-0.4, -0.2) is 28.8 Å². The summed E-state index contributed by atoms with van der Waals surface area (Å²) in [6.07, 6.45) is 10.4. The molecule has 96 valence electrons. The quantitative estimate of drug-likeness (QED) is 0.626. The Morgan fingerprint density at radius 1 is 1.29 bits per heavy atom. The van der Waals surface area contributed by atoms with E-state index in [0.29, 0.717) is 5.41 Å². The van der Waals surface area contributed by atoms with Crippen molar-refractivity contribution in [1.29, 1.82) is 0 Å². The summed E-state index contributed by atoms with van der Waals surface area (Å²) in [7, 11) is 0. The van der Waals surface area contributed by atoms with Crippen LogP contribution in [0, 0.1) is 5.41 Å². The van der Waals surface area contributed by atoms with Crippen molar-refractivity contribution in [2.24, 2.45) is 5.41 Å². The predicted octanol–water partition coefficient (Wildman–Crippen LogP) is 2.66. The molecule has 1 fully saturated rings. The summed E-state index contributed by atoms with van der Waals surface area (Å²) in [5, 5.41) is 7.73. The summed E-state index contributed by atoms with van der Waals surface area (Å²) in [4.78, 5) is 0. The molecule has 1 aromatic heterocycles. The average Bonchev–Trinajstić information content (AvgIpc) is 2.89. The molecule has 0 aliphatic heterocycles. The second-order valence-electron chi connectivity index (χ2n) is 5.14. The Kier molecular flexibility index (Phi) is 4.86. The van der Waals surface area contributed by atoms with Crippen LogP contribution in [0.1, 0.15) is 32.1 Å². The molecule has 0 saturated heterocycles. The first-order valence-electron chi connectivity index (χ1n) is 6.59. The van der Waals surface area contributed by atoms with E-state index in [-0.39, 0.29) is 0 Å². The Balaban J connectivity index is 1.69. The van der Waals surface area contributed by atoms with E-state index in [2.05, 4.69) is 10.4 Å². The Labute approximate surface area is 109 Å². The van der Waals surface area contributed by atoms with Gasteiger partial charge >= 0.3 is 0 Å². The van der Waals surface area contributed by atoms with Crippen molar-refractivity contribution < 1.29 is 0 Å². The average molecular weight is 256 g/mol. The molecule has 1 aliphatic carbocycles. The smallest absolute Gasteiger partial charge is 0.0533 e. The molecule has 0 amide bonds. The molecule has 0 unspecified atom stereocenters. The van der Waals surface area contributed by atoms with Gasteiger partial charge < -0.3 is 5.32 Å². The van der Waals surface area contributed by atoms with Crippen LogP contribution in [0.2, 0.25) is 0 Å². The van der Waals surface area contributed by atoms with Gasteiger partial charge in [0.2, 0.25) is 0 Å². The molecular weight excluding hydrogens is 234 g/mol. The molecule has 3 nitrogen and oxygen atoms in total. The Bertz CT molecular complexity index is 304. The van der Waals surface area contributed by atoms with Gasteiger partial charge in [0.25, 0.3) is 0 Å². The molecule has 0 spiro atoms. The van der Waals surface area contributed by atoms with Gasteiger partial charge in [-0.25, -0.2) is 0 Å². The summed E-state index contributed by atoms with van der Waals surface area (Å²) in [6, 6.07) is 1.96. The largest absolute Gasteiger partial charge is 0.314 e. The van der Waals surface area contributed by atoms with E-state index >= 15 is 0 Å². The second-order valence-corrected chi connectivity index (χ2v) is 5.41. The number of nitrogens with zero attached hydrogens (tertiary/aromatic N) is 2.